The summed E-state index contributed by atoms with van der Waals surface area (Å²) in [5.41, 5.74) is 5.57. The fourth-order valence-electron chi connectivity index (χ4n) is 1.99. The van der Waals surface area contributed by atoms with Crippen molar-refractivity contribution in [3.63, 3.8) is 0 Å². The van der Waals surface area contributed by atoms with E-state index >= 15 is 0 Å². The van der Waals surface area contributed by atoms with E-state index < -0.39 is 0 Å². The normalized spacial score (nSPS) is 11.3. The van der Waals surface area contributed by atoms with Crippen molar-refractivity contribution in [2.45, 2.75) is 6.92 Å². The van der Waals surface area contributed by atoms with E-state index in [0.29, 0.717) is 11.3 Å². The third-order valence-corrected chi connectivity index (χ3v) is 3.26. The maximum absolute atomic E-state index is 11.9. The Morgan fingerprint density at radius 3 is 2.43 bits per heavy atom. The summed E-state index contributed by atoms with van der Waals surface area (Å²) in [5, 5.41) is 15.1. The van der Waals surface area contributed by atoms with Crippen molar-refractivity contribution in [3.05, 3.63) is 72.1 Å². The number of carbonyl (C=O) groups is 1. The molecule has 0 atom stereocenters. The van der Waals surface area contributed by atoms with E-state index in [0.717, 1.165) is 11.3 Å². The second-order valence-corrected chi connectivity index (χ2v) is 4.81. The first kappa shape index (κ1) is 14.6. The van der Waals surface area contributed by atoms with Crippen LogP contribution in [0.3, 0.4) is 0 Å². The fraction of sp³-hybridized carbons (Fsp3) is 0.0625. The van der Waals surface area contributed by atoms with Crippen molar-refractivity contribution < 1.29 is 4.79 Å². The highest BCUT2D eigenvalue weighted by atomic mass is 16.2. The van der Waals surface area contributed by atoms with Gasteiger partial charge in [0.25, 0.3) is 5.91 Å². The molecular weight excluding hydrogens is 292 g/mol. The molecule has 0 spiro atoms. The Hall–Kier alpha value is -3.35. The second kappa shape index (κ2) is 6.61. The Labute approximate surface area is 132 Å². The molecule has 1 aromatic heterocycles. The Morgan fingerprint density at radius 2 is 1.78 bits per heavy atom. The predicted molar refractivity (Wildman–Crippen MR) is 85.3 cm³/mol. The number of nitrogens with one attached hydrogen (secondary N) is 1. The van der Waals surface area contributed by atoms with Crippen molar-refractivity contribution >= 4 is 11.6 Å². The minimum absolute atomic E-state index is 0.240. The molecule has 0 radical (unpaired) electrons. The molecule has 23 heavy (non-hydrogen) atoms. The van der Waals surface area contributed by atoms with Gasteiger partial charge in [0.2, 0.25) is 0 Å². The Bertz CT molecular complexity index is 810. The van der Waals surface area contributed by atoms with Crippen LogP contribution in [0.15, 0.2) is 66.0 Å². The summed E-state index contributed by atoms with van der Waals surface area (Å²) in [6.45, 7) is 1.83. The Morgan fingerprint density at radius 1 is 1.04 bits per heavy atom. The predicted octanol–water partition coefficient (Wildman–Crippen LogP) is 1.82. The summed E-state index contributed by atoms with van der Waals surface area (Å²) < 4.78 is 1.56. The summed E-state index contributed by atoms with van der Waals surface area (Å²) in [6.07, 6.45) is 1.52. The van der Waals surface area contributed by atoms with Crippen LogP contribution in [0, 0.1) is 0 Å². The van der Waals surface area contributed by atoms with Crippen LogP contribution in [0.2, 0.25) is 0 Å². The van der Waals surface area contributed by atoms with E-state index in [1.807, 2.05) is 49.4 Å². The number of amides is 1. The summed E-state index contributed by atoms with van der Waals surface area (Å²) in [5.74, 6) is -0.240. The van der Waals surface area contributed by atoms with Gasteiger partial charge in [-0.25, -0.2) is 10.1 Å². The molecule has 0 fully saturated rings. The van der Waals surface area contributed by atoms with E-state index in [9.17, 15) is 4.79 Å². The number of rotatable bonds is 4. The van der Waals surface area contributed by atoms with E-state index in [4.69, 9.17) is 0 Å². The molecule has 1 N–H and O–H groups in total. The summed E-state index contributed by atoms with van der Waals surface area (Å²) in [7, 11) is 0. The molecule has 0 aliphatic heterocycles. The SMILES string of the molecule is C/C(=N/NC(=O)c1ccccc1)c1ccc(-n2cnnn2)cc1. The minimum atomic E-state index is -0.240. The first-order valence-corrected chi connectivity index (χ1v) is 6.97. The van der Waals surface area contributed by atoms with Gasteiger partial charge in [-0.3, -0.25) is 4.79 Å². The maximum Gasteiger partial charge on any atom is 0.271 e. The number of nitrogens with zero attached hydrogens (tertiary/aromatic N) is 5. The zero-order valence-corrected chi connectivity index (χ0v) is 12.4. The van der Waals surface area contributed by atoms with Crippen molar-refractivity contribution in [3.8, 4) is 5.69 Å². The van der Waals surface area contributed by atoms with Gasteiger partial charge in [-0.2, -0.15) is 5.10 Å². The molecule has 0 aliphatic carbocycles. The molecule has 3 rings (SSSR count). The minimum Gasteiger partial charge on any atom is -0.267 e. The lowest BCUT2D eigenvalue weighted by Crippen LogP contribution is -2.19. The standard InChI is InChI=1S/C16H14N6O/c1-12(18-19-16(23)14-5-3-2-4-6-14)13-7-9-15(10-8-13)22-11-17-20-21-22/h2-11H,1H3,(H,19,23)/b18-12-. The van der Waals surface area contributed by atoms with Crippen LogP contribution in [-0.4, -0.2) is 31.8 Å². The monoisotopic (exact) mass is 306 g/mol. The first-order chi connectivity index (χ1) is 11.2. The molecule has 1 heterocycles. The van der Waals surface area contributed by atoms with Crippen molar-refractivity contribution in [1.82, 2.24) is 25.6 Å². The first-order valence-electron chi connectivity index (χ1n) is 6.97. The van der Waals surface area contributed by atoms with Crippen LogP contribution in [-0.2, 0) is 0 Å². The molecule has 0 bridgehead atoms. The van der Waals surface area contributed by atoms with E-state index in [-0.39, 0.29) is 5.91 Å². The average molecular weight is 306 g/mol. The van der Waals surface area contributed by atoms with E-state index in [1.165, 1.54) is 6.33 Å². The smallest absolute Gasteiger partial charge is 0.267 e. The van der Waals surface area contributed by atoms with Crippen LogP contribution >= 0.6 is 0 Å². The van der Waals surface area contributed by atoms with Gasteiger partial charge >= 0.3 is 0 Å². The third kappa shape index (κ3) is 3.46. The second-order valence-electron chi connectivity index (χ2n) is 4.81. The van der Waals surface area contributed by atoms with Gasteiger partial charge in [-0.15, -0.1) is 5.10 Å². The largest absolute Gasteiger partial charge is 0.271 e. The number of hydrogen-bond acceptors (Lipinski definition) is 5. The number of carbonyl (C=O) groups excluding carboxylic acids is 1. The molecular formula is C16H14N6O. The average Bonchev–Trinajstić information content (AvgIpc) is 3.15. The number of hydrazone groups is 1. The van der Waals surface area contributed by atoms with Crippen molar-refractivity contribution in [1.29, 1.82) is 0 Å². The van der Waals surface area contributed by atoms with Crippen LogP contribution in [0.5, 0.6) is 0 Å². The van der Waals surface area contributed by atoms with Gasteiger partial charge in [0, 0.05) is 5.56 Å². The third-order valence-electron chi connectivity index (χ3n) is 3.26. The number of benzene rings is 2. The molecule has 0 unspecified atom stereocenters. The van der Waals surface area contributed by atoms with Crippen molar-refractivity contribution in [2.24, 2.45) is 5.10 Å². The van der Waals surface area contributed by atoms with Gasteiger partial charge in [-0.05, 0) is 47.2 Å². The number of hydrogen-bond donors (Lipinski definition) is 1. The lowest BCUT2D eigenvalue weighted by Gasteiger charge is -2.04. The van der Waals surface area contributed by atoms with Crippen LogP contribution in [0.25, 0.3) is 5.69 Å². The van der Waals surface area contributed by atoms with Crippen LogP contribution in [0.1, 0.15) is 22.8 Å². The molecule has 0 aliphatic rings. The Balaban J connectivity index is 1.70. The molecule has 114 valence electrons. The Kier molecular flexibility index (Phi) is 4.19. The van der Waals surface area contributed by atoms with Gasteiger partial charge in [0.05, 0.1) is 11.4 Å². The van der Waals surface area contributed by atoms with Crippen LogP contribution < -0.4 is 5.43 Å². The topological polar surface area (TPSA) is 85.1 Å². The molecule has 0 saturated heterocycles. The lowest BCUT2D eigenvalue weighted by molar-refractivity contribution is 0.0955. The zero-order valence-electron chi connectivity index (χ0n) is 12.4. The number of aromatic nitrogens is 4. The molecule has 7 nitrogen and oxygen atoms in total. The quantitative estimate of drug-likeness (QED) is 0.588. The van der Waals surface area contributed by atoms with Gasteiger partial charge in [0.1, 0.15) is 6.33 Å². The molecule has 3 aromatic rings. The van der Waals surface area contributed by atoms with E-state index in [1.54, 1.807) is 16.8 Å². The molecule has 2 aromatic carbocycles. The van der Waals surface area contributed by atoms with Gasteiger partial charge in [0.15, 0.2) is 0 Å². The highest BCUT2D eigenvalue weighted by molar-refractivity contribution is 6.00. The summed E-state index contributed by atoms with van der Waals surface area (Å²) in [6, 6.07) is 16.5. The lowest BCUT2D eigenvalue weighted by atomic mass is 10.1. The highest BCUT2D eigenvalue weighted by Crippen LogP contribution is 2.08. The summed E-state index contributed by atoms with van der Waals surface area (Å²) in [4.78, 5) is 11.9. The molecule has 7 heteroatoms. The maximum atomic E-state index is 11.9. The summed E-state index contributed by atoms with van der Waals surface area (Å²) >= 11 is 0. The van der Waals surface area contributed by atoms with E-state index in [2.05, 4.69) is 26.1 Å². The number of tetrazole rings is 1. The molecule has 0 saturated carbocycles. The van der Waals surface area contributed by atoms with Crippen molar-refractivity contribution in [2.75, 3.05) is 0 Å². The molecule has 1 amide bonds. The van der Waals surface area contributed by atoms with Crippen LogP contribution in [0.4, 0.5) is 0 Å². The van der Waals surface area contributed by atoms with Gasteiger partial charge in [-0.1, -0.05) is 30.3 Å². The highest BCUT2D eigenvalue weighted by Gasteiger charge is 2.04. The zero-order chi connectivity index (χ0) is 16.1. The fourth-order valence-corrected chi connectivity index (χ4v) is 1.99. The van der Waals surface area contributed by atoms with Gasteiger partial charge < -0.3 is 0 Å².